The third kappa shape index (κ3) is 4.71. The molecule has 1 rings (SSSR count). The van der Waals surface area contributed by atoms with E-state index in [9.17, 15) is 9.59 Å². The number of nitrogens with two attached hydrogens (primary N) is 1. The Morgan fingerprint density at radius 3 is 2.80 bits per heavy atom. The van der Waals surface area contributed by atoms with Crippen molar-refractivity contribution >= 4 is 29.2 Å². The molecular formula is C13H17ClN2O4. The van der Waals surface area contributed by atoms with Crippen LogP contribution in [0.15, 0.2) is 18.2 Å². The van der Waals surface area contributed by atoms with Crippen molar-refractivity contribution in [1.82, 2.24) is 5.32 Å². The topological polar surface area (TPSA) is 90.6 Å². The van der Waals surface area contributed by atoms with Crippen LogP contribution in [0.5, 0.6) is 0 Å². The first-order valence-electron chi connectivity index (χ1n) is 5.95. The number of amides is 1. The minimum atomic E-state index is -0.695. The number of carbonyl (C=O) groups is 2. The minimum Gasteiger partial charge on any atom is -0.452 e. The zero-order valence-corrected chi connectivity index (χ0v) is 12.1. The summed E-state index contributed by atoms with van der Waals surface area (Å²) in [7, 11) is 1.53. The lowest BCUT2D eigenvalue weighted by molar-refractivity contribution is -0.125. The Morgan fingerprint density at radius 2 is 2.15 bits per heavy atom. The van der Waals surface area contributed by atoms with E-state index in [1.54, 1.807) is 19.1 Å². The molecule has 0 fully saturated rings. The quantitative estimate of drug-likeness (QED) is 0.609. The number of carbonyl (C=O) groups excluding carboxylic acids is 2. The van der Waals surface area contributed by atoms with Crippen molar-refractivity contribution in [2.45, 2.75) is 13.0 Å². The summed E-state index contributed by atoms with van der Waals surface area (Å²) in [6, 6.07) is 4.46. The second-order valence-electron chi connectivity index (χ2n) is 4.20. The van der Waals surface area contributed by atoms with Crippen LogP contribution in [0, 0.1) is 0 Å². The van der Waals surface area contributed by atoms with E-state index in [0.717, 1.165) is 0 Å². The second kappa shape index (κ2) is 7.72. The van der Waals surface area contributed by atoms with E-state index >= 15 is 0 Å². The Kier molecular flexibility index (Phi) is 6.27. The molecule has 0 spiro atoms. The van der Waals surface area contributed by atoms with Crippen LogP contribution in [0.1, 0.15) is 17.3 Å². The number of benzene rings is 1. The Balaban J connectivity index is 2.51. The number of ether oxygens (including phenoxy) is 2. The van der Waals surface area contributed by atoms with Gasteiger partial charge in [0, 0.05) is 13.2 Å². The SMILES string of the molecule is COCC(C)NC(=O)COC(=O)c1cccc(Cl)c1N. The number of methoxy groups -OCH3 is 1. The zero-order chi connectivity index (χ0) is 15.1. The standard InChI is InChI=1S/C13H17ClN2O4/c1-8(6-19-2)16-11(17)7-20-13(18)9-4-3-5-10(14)12(9)15/h3-5,8H,6-7,15H2,1-2H3,(H,16,17). The molecular weight excluding hydrogens is 284 g/mol. The largest absolute Gasteiger partial charge is 0.452 e. The van der Waals surface area contributed by atoms with Gasteiger partial charge in [-0.1, -0.05) is 17.7 Å². The van der Waals surface area contributed by atoms with Gasteiger partial charge in [-0.15, -0.1) is 0 Å². The van der Waals surface area contributed by atoms with Crippen LogP contribution in [0.25, 0.3) is 0 Å². The van der Waals surface area contributed by atoms with Crippen LogP contribution < -0.4 is 11.1 Å². The van der Waals surface area contributed by atoms with Crippen molar-refractivity contribution in [3.8, 4) is 0 Å². The van der Waals surface area contributed by atoms with Crippen molar-refractivity contribution in [3.63, 3.8) is 0 Å². The summed E-state index contributed by atoms with van der Waals surface area (Å²) >= 11 is 5.80. The number of nitrogen functional groups attached to an aromatic ring is 1. The number of halogens is 1. The molecule has 0 bridgehead atoms. The monoisotopic (exact) mass is 300 g/mol. The van der Waals surface area contributed by atoms with Crippen LogP contribution in [0.4, 0.5) is 5.69 Å². The first-order valence-corrected chi connectivity index (χ1v) is 6.33. The Bertz CT molecular complexity index is 493. The van der Waals surface area contributed by atoms with Crippen LogP contribution in [-0.2, 0) is 14.3 Å². The number of esters is 1. The molecule has 110 valence electrons. The molecule has 0 saturated heterocycles. The van der Waals surface area contributed by atoms with E-state index in [4.69, 9.17) is 26.8 Å². The van der Waals surface area contributed by atoms with Gasteiger partial charge in [-0.2, -0.15) is 0 Å². The third-order valence-electron chi connectivity index (χ3n) is 2.43. The van der Waals surface area contributed by atoms with Gasteiger partial charge in [-0.25, -0.2) is 4.79 Å². The van der Waals surface area contributed by atoms with Crippen molar-refractivity contribution < 1.29 is 19.1 Å². The molecule has 1 atom stereocenters. The summed E-state index contributed by atoms with van der Waals surface area (Å²) in [6.07, 6.45) is 0. The molecule has 0 aliphatic heterocycles. The minimum absolute atomic E-state index is 0.132. The average Bonchev–Trinajstić information content (AvgIpc) is 2.39. The number of hydrogen-bond acceptors (Lipinski definition) is 5. The summed E-state index contributed by atoms with van der Waals surface area (Å²) in [4.78, 5) is 23.3. The second-order valence-corrected chi connectivity index (χ2v) is 4.61. The fraction of sp³-hybridized carbons (Fsp3) is 0.385. The molecule has 0 aromatic heterocycles. The number of anilines is 1. The molecule has 1 aromatic carbocycles. The molecule has 3 N–H and O–H groups in total. The van der Waals surface area contributed by atoms with Gasteiger partial charge >= 0.3 is 5.97 Å². The number of nitrogens with one attached hydrogen (secondary N) is 1. The summed E-state index contributed by atoms with van der Waals surface area (Å²) in [5.41, 5.74) is 5.93. The van der Waals surface area contributed by atoms with E-state index < -0.39 is 18.5 Å². The van der Waals surface area contributed by atoms with Gasteiger partial charge < -0.3 is 20.5 Å². The van der Waals surface area contributed by atoms with Gasteiger partial charge in [0.05, 0.1) is 22.9 Å². The summed E-state index contributed by atoms with van der Waals surface area (Å²) in [5, 5.41) is 2.88. The number of hydrogen-bond donors (Lipinski definition) is 2. The third-order valence-corrected chi connectivity index (χ3v) is 2.76. The average molecular weight is 301 g/mol. The Morgan fingerprint density at radius 1 is 1.45 bits per heavy atom. The highest BCUT2D eigenvalue weighted by molar-refractivity contribution is 6.33. The molecule has 1 unspecified atom stereocenters. The van der Waals surface area contributed by atoms with Crippen LogP contribution in [-0.4, -0.2) is 38.2 Å². The highest BCUT2D eigenvalue weighted by Crippen LogP contribution is 2.22. The molecule has 0 aliphatic carbocycles. The summed E-state index contributed by atoms with van der Waals surface area (Å²) in [6.45, 7) is 1.76. The maximum Gasteiger partial charge on any atom is 0.340 e. The highest BCUT2D eigenvalue weighted by atomic mass is 35.5. The van der Waals surface area contributed by atoms with Gasteiger partial charge in [-0.05, 0) is 19.1 Å². The molecule has 6 nitrogen and oxygen atoms in total. The first-order chi connectivity index (χ1) is 9.45. The van der Waals surface area contributed by atoms with Gasteiger partial charge in [0.25, 0.3) is 5.91 Å². The first kappa shape index (κ1) is 16.3. The van der Waals surface area contributed by atoms with Crippen molar-refractivity contribution in [2.24, 2.45) is 0 Å². The van der Waals surface area contributed by atoms with E-state index in [1.165, 1.54) is 13.2 Å². The van der Waals surface area contributed by atoms with E-state index in [0.29, 0.717) is 6.61 Å². The van der Waals surface area contributed by atoms with Crippen molar-refractivity contribution in [1.29, 1.82) is 0 Å². The molecule has 0 radical (unpaired) electrons. The molecule has 0 heterocycles. The van der Waals surface area contributed by atoms with Crippen molar-refractivity contribution in [3.05, 3.63) is 28.8 Å². The number of para-hydroxylation sites is 1. The van der Waals surface area contributed by atoms with Crippen molar-refractivity contribution in [2.75, 3.05) is 26.1 Å². The van der Waals surface area contributed by atoms with Crippen LogP contribution in [0.2, 0.25) is 5.02 Å². The van der Waals surface area contributed by atoms with E-state index in [1.807, 2.05) is 0 Å². The number of rotatable bonds is 6. The fourth-order valence-electron chi connectivity index (χ4n) is 1.53. The van der Waals surface area contributed by atoms with Gasteiger partial charge in [0.2, 0.25) is 0 Å². The van der Waals surface area contributed by atoms with Gasteiger partial charge in [0.15, 0.2) is 6.61 Å². The maximum absolute atomic E-state index is 11.8. The molecule has 0 saturated carbocycles. The zero-order valence-electron chi connectivity index (χ0n) is 11.3. The molecule has 0 aliphatic rings. The van der Waals surface area contributed by atoms with Gasteiger partial charge in [0.1, 0.15) is 0 Å². The molecule has 20 heavy (non-hydrogen) atoms. The predicted molar refractivity (Wildman–Crippen MR) is 75.6 cm³/mol. The fourth-order valence-corrected chi connectivity index (χ4v) is 1.71. The molecule has 7 heteroatoms. The molecule has 1 amide bonds. The van der Waals surface area contributed by atoms with Crippen LogP contribution >= 0.6 is 11.6 Å². The lowest BCUT2D eigenvalue weighted by Crippen LogP contribution is -2.38. The van der Waals surface area contributed by atoms with Gasteiger partial charge in [-0.3, -0.25) is 4.79 Å². The normalized spacial score (nSPS) is 11.8. The highest BCUT2D eigenvalue weighted by Gasteiger charge is 2.15. The Labute approximate surface area is 122 Å². The lowest BCUT2D eigenvalue weighted by atomic mass is 10.2. The van der Waals surface area contributed by atoms with E-state index in [2.05, 4.69) is 5.32 Å². The van der Waals surface area contributed by atoms with E-state index in [-0.39, 0.29) is 22.3 Å². The molecule has 1 aromatic rings. The summed E-state index contributed by atoms with van der Waals surface area (Å²) < 4.78 is 9.75. The Hall–Kier alpha value is -1.79. The summed E-state index contributed by atoms with van der Waals surface area (Å²) in [5.74, 6) is -1.11. The maximum atomic E-state index is 11.8. The van der Waals surface area contributed by atoms with Crippen LogP contribution in [0.3, 0.4) is 0 Å². The predicted octanol–water partition coefficient (Wildman–Crippen LogP) is 1.23. The smallest absolute Gasteiger partial charge is 0.340 e. The lowest BCUT2D eigenvalue weighted by Gasteiger charge is -2.13.